The molecule has 0 spiro atoms. The molecule has 6 nitrogen and oxygen atoms in total. The van der Waals surface area contributed by atoms with Crippen LogP contribution in [0.25, 0.3) is 22.4 Å². The molecule has 35 heavy (non-hydrogen) atoms. The Morgan fingerprint density at radius 2 is 1.77 bits per heavy atom. The minimum Gasteiger partial charge on any atom is -0.490 e. The van der Waals surface area contributed by atoms with E-state index in [-0.39, 0.29) is 11.0 Å². The van der Waals surface area contributed by atoms with Crippen LogP contribution in [-0.2, 0) is 5.41 Å². The Morgan fingerprint density at radius 3 is 2.43 bits per heavy atom. The summed E-state index contributed by atoms with van der Waals surface area (Å²) in [6, 6.07) is 14.0. The molecular formula is C28H33N3O3S. The van der Waals surface area contributed by atoms with Crippen molar-refractivity contribution in [3.05, 3.63) is 68.5 Å². The van der Waals surface area contributed by atoms with E-state index in [2.05, 4.69) is 49.9 Å². The monoisotopic (exact) mass is 491 g/mol. The Morgan fingerprint density at radius 1 is 1.00 bits per heavy atom. The summed E-state index contributed by atoms with van der Waals surface area (Å²) in [6.45, 7) is 11.9. The van der Waals surface area contributed by atoms with Gasteiger partial charge in [-0.3, -0.25) is 4.79 Å². The summed E-state index contributed by atoms with van der Waals surface area (Å²) in [7, 11) is 0. The molecule has 2 heterocycles. The van der Waals surface area contributed by atoms with Crippen LogP contribution in [0.15, 0.2) is 47.3 Å². The highest BCUT2D eigenvalue weighted by Crippen LogP contribution is 2.29. The van der Waals surface area contributed by atoms with Gasteiger partial charge < -0.3 is 9.47 Å². The maximum Gasteiger partial charge on any atom is 0.291 e. The molecule has 2 aromatic carbocycles. The van der Waals surface area contributed by atoms with Gasteiger partial charge in [-0.15, -0.1) is 5.10 Å². The van der Waals surface area contributed by atoms with Crippen LogP contribution in [0.4, 0.5) is 0 Å². The maximum atomic E-state index is 13.0. The van der Waals surface area contributed by atoms with Crippen molar-refractivity contribution in [1.82, 2.24) is 14.6 Å². The van der Waals surface area contributed by atoms with Gasteiger partial charge >= 0.3 is 0 Å². The summed E-state index contributed by atoms with van der Waals surface area (Å²) < 4.78 is 13.7. The molecule has 0 saturated heterocycles. The maximum absolute atomic E-state index is 13.0. The van der Waals surface area contributed by atoms with Gasteiger partial charge in [-0.25, -0.2) is 0 Å². The quantitative estimate of drug-likeness (QED) is 0.284. The van der Waals surface area contributed by atoms with Crippen LogP contribution in [0.1, 0.15) is 65.0 Å². The number of hydrogen-bond acceptors (Lipinski definition) is 6. The topological polar surface area (TPSA) is 65.7 Å². The van der Waals surface area contributed by atoms with E-state index in [0.29, 0.717) is 34.3 Å². The van der Waals surface area contributed by atoms with Crippen LogP contribution in [0.3, 0.4) is 0 Å². The van der Waals surface area contributed by atoms with Gasteiger partial charge in [0.1, 0.15) is 0 Å². The molecule has 0 atom stereocenters. The zero-order valence-electron chi connectivity index (χ0n) is 21.1. The van der Waals surface area contributed by atoms with E-state index in [9.17, 15) is 4.79 Å². The number of benzene rings is 2. The Hall–Kier alpha value is -3.19. The molecule has 0 aliphatic rings. The number of aromatic nitrogens is 3. The molecule has 0 fully saturated rings. The SMILES string of the molecule is CCCCCOc1ccc(/C=c2\sc3nc(-c4ccc(C(C)(C)C)cc4)nn3c2=O)cc1OCC. The largest absolute Gasteiger partial charge is 0.490 e. The number of unbranched alkanes of at least 4 members (excludes halogenated alkanes) is 2. The van der Waals surface area contributed by atoms with E-state index in [4.69, 9.17) is 9.47 Å². The lowest BCUT2D eigenvalue weighted by atomic mass is 9.87. The zero-order chi connectivity index (χ0) is 25.0. The zero-order valence-corrected chi connectivity index (χ0v) is 21.9. The molecule has 2 aromatic heterocycles. The van der Waals surface area contributed by atoms with Crippen LogP contribution >= 0.6 is 11.3 Å². The molecular weight excluding hydrogens is 458 g/mol. The first kappa shape index (κ1) is 24.9. The van der Waals surface area contributed by atoms with Crippen LogP contribution in [0.5, 0.6) is 11.5 Å². The number of hydrogen-bond donors (Lipinski definition) is 0. The Labute approximate surface area is 210 Å². The highest BCUT2D eigenvalue weighted by atomic mass is 32.1. The Balaban J connectivity index is 1.60. The smallest absolute Gasteiger partial charge is 0.291 e. The predicted molar refractivity (Wildman–Crippen MR) is 143 cm³/mol. The second-order valence-electron chi connectivity index (χ2n) is 9.57. The fourth-order valence-corrected chi connectivity index (χ4v) is 4.67. The molecule has 4 aromatic rings. The second kappa shape index (κ2) is 10.6. The van der Waals surface area contributed by atoms with Gasteiger partial charge in [-0.1, -0.05) is 82.2 Å². The van der Waals surface area contributed by atoms with Crippen molar-refractivity contribution < 1.29 is 9.47 Å². The number of rotatable bonds is 9. The van der Waals surface area contributed by atoms with E-state index in [0.717, 1.165) is 36.1 Å². The standard InChI is InChI=1S/C28H33N3O3S/c1-6-8-9-16-34-22-15-10-19(17-23(22)33-7-2)18-24-26(32)31-27(35-24)29-25(30-31)20-11-13-21(14-12-20)28(3,4)5/h10-15,17-18H,6-9,16H2,1-5H3/b24-18-. The van der Waals surface area contributed by atoms with Crippen molar-refractivity contribution >= 4 is 22.4 Å². The fraction of sp³-hybridized carbons (Fsp3) is 0.393. The number of nitrogens with zero attached hydrogens (tertiary/aromatic N) is 3. The van der Waals surface area contributed by atoms with Crippen molar-refractivity contribution in [2.24, 2.45) is 0 Å². The highest BCUT2D eigenvalue weighted by molar-refractivity contribution is 7.15. The van der Waals surface area contributed by atoms with Gasteiger partial charge in [0.25, 0.3) is 5.56 Å². The highest BCUT2D eigenvalue weighted by Gasteiger charge is 2.16. The summed E-state index contributed by atoms with van der Waals surface area (Å²) in [6.07, 6.45) is 5.16. The lowest BCUT2D eigenvalue weighted by Gasteiger charge is -2.18. The molecule has 0 saturated carbocycles. The molecule has 0 amide bonds. The van der Waals surface area contributed by atoms with Gasteiger partial charge in [-0.05, 0) is 48.1 Å². The number of thiazole rings is 1. The Bertz CT molecular complexity index is 1400. The average molecular weight is 492 g/mol. The molecule has 7 heteroatoms. The van der Waals surface area contributed by atoms with Crippen LogP contribution < -0.4 is 19.6 Å². The summed E-state index contributed by atoms with van der Waals surface area (Å²) >= 11 is 1.33. The van der Waals surface area contributed by atoms with Gasteiger partial charge in [0, 0.05) is 5.56 Å². The third-order valence-corrected chi connectivity index (χ3v) is 6.72. The molecule has 0 radical (unpaired) electrons. The van der Waals surface area contributed by atoms with Gasteiger partial charge in [0.2, 0.25) is 4.96 Å². The molecule has 184 valence electrons. The van der Waals surface area contributed by atoms with Crippen molar-refractivity contribution in [1.29, 1.82) is 0 Å². The number of fused-ring (bicyclic) bond motifs is 1. The van der Waals surface area contributed by atoms with Crippen molar-refractivity contribution in [3.8, 4) is 22.9 Å². The third kappa shape index (κ3) is 5.73. The normalized spacial score (nSPS) is 12.4. The molecule has 4 rings (SSSR count). The lowest BCUT2D eigenvalue weighted by Crippen LogP contribution is -2.23. The molecule has 0 N–H and O–H groups in total. The molecule has 0 unspecified atom stereocenters. The van der Waals surface area contributed by atoms with Gasteiger partial charge in [0.05, 0.1) is 17.7 Å². The van der Waals surface area contributed by atoms with Crippen molar-refractivity contribution in [3.63, 3.8) is 0 Å². The first-order valence-corrected chi connectivity index (χ1v) is 13.0. The molecule has 0 aliphatic carbocycles. The lowest BCUT2D eigenvalue weighted by molar-refractivity contribution is 0.271. The summed E-state index contributed by atoms with van der Waals surface area (Å²) in [5.41, 5.74) is 2.92. The van der Waals surface area contributed by atoms with E-state index < -0.39 is 0 Å². The fourth-order valence-electron chi connectivity index (χ4n) is 3.76. The van der Waals surface area contributed by atoms with E-state index in [1.54, 1.807) is 0 Å². The van der Waals surface area contributed by atoms with Gasteiger partial charge in [0.15, 0.2) is 17.3 Å². The van der Waals surface area contributed by atoms with E-state index in [1.165, 1.54) is 21.4 Å². The van der Waals surface area contributed by atoms with Crippen molar-refractivity contribution in [2.45, 2.75) is 59.3 Å². The van der Waals surface area contributed by atoms with Gasteiger partial charge in [-0.2, -0.15) is 9.50 Å². The summed E-state index contributed by atoms with van der Waals surface area (Å²) in [5, 5.41) is 4.49. The minimum absolute atomic E-state index is 0.0782. The van der Waals surface area contributed by atoms with Crippen LogP contribution in [0.2, 0.25) is 0 Å². The second-order valence-corrected chi connectivity index (χ2v) is 10.6. The average Bonchev–Trinajstić information content (AvgIpc) is 3.37. The van der Waals surface area contributed by atoms with E-state index >= 15 is 0 Å². The van der Waals surface area contributed by atoms with Crippen LogP contribution in [-0.4, -0.2) is 27.8 Å². The first-order chi connectivity index (χ1) is 16.8. The van der Waals surface area contributed by atoms with E-state index in [1.807, 2.05) is 43.3 Å². The first-order valence-electron chi connectivity index (χ1n) is 12.2. The summed E-state index contributed by atoms with van der Waals surface area (Å²) in [4.78, 5) is 18.2. The third-order valence-electron chi connectivity index (χ3n) is 5.76. The Kier molecular flexibility index (Phi) is 7.55. The predicted octanol–water partition coefficient (Wildman–Crippen LogP) is 5.63. The van der Waals surface area contributed by atoms with Crippen LogP contribution in [0, 0.1) is 0 Å². The summed E-state index contributed by atoms with van der Waals surface area (Å²) in [5.74, 6) is 1.97. The number of ether oxygens (including phenoxy) is 2. The molecule has 0 bridgehead atoms. The molecule has 0 aliphatic heterocycles. The minimum atomic E-state index is -0.173. The van der Waals surface area contributed by atoms with Crippen molar-refractivity contribution in [2.75, 3.05) is 13.2 Å².